The van der Waals surface area contributed by atoms with Gasteiger partial charge in [-0.05, 0) is 47.1 Å². The monoisotopic (exact) mass is 402 g/mol. The van der Waals surface area contributed by atoms with Gasteiger partial charge in [0.15, 0.2) is 0 Å². The number of rotatable bonds is 5. The number of nitrogens with one attached hydrogen (secondary N) is 2. The Bertz CT molecular complexity index is 599. The lowest BCUT2D eigenvalue weighted by Gasteiger charge is -2.14. The number of hydrogen-bond acceptors (Lipinski definition) is 6. The molecule has 2 N–H and O–H groups in total. The first kappa shape index (κ1) is 14.9. The maximum atomic E-state index is 5.78. The van der Waals surface area contributed by atoms with Gasteiger partial charge in [-0.15, -0.1) is 5.10 Å². The average molecular weight is 404 g/mol. The number of hydrazone groups is 1. The molecule has 0 saturated carbocycles. The van der Waals surface area contributed by atoms with E-state index in [0.717, 1.165) is 20.3 Å². The van der Waals surface area contributed by atoms with Crippen LogP contribution in [0.3, 0.4) is 0 Å². The van der Waals surface area contributed by atoms with Gasteiger partial charge in [0, 0.05) is 10.0 Å². The number of benzene rings is 1. The van der Waals surface area contributed by atoms with Crippen molar-refractivity contribution in [3.8, 4) is 5.75 Å². The Hall–Kier alpha value is -1.48. The molecule has 0 aliphatic heterocycles. The van der Waals surface area contributed by atoms with Crippen LogP contribution in [0.25, 0.3) is 0 Å². The summed E-state index contributed by atoms with van der Waals surface area (Å²) in [4.78, 5) is 0. The largest absolute Gasteiger partial charge is 0.489 e. The van der Waals surface area contributed by atoms with Crippen molar-refractivity contribution in [1.29, 1.82) is 0 Å². The van der Waals surface area contributed by atoms with Gasteiger partial charge in [0.1, 0.15) is 5.75 Å². The second kappa shape index (κ2) is 6.80. The summed E-state index contributed by atoms with van der Waals surface area (Å²) in [5, 5.41) is 17.3. The molecular formula is C11H12Br2N6O. The molecule has 0 fully saturated rings. The summed E-state index contributed by atoms with van der Waals surface area (Å²) in [5.74, 6) is 1.02. The van der Waals surface area contributed by atoms with E-state index in [1.807, 2.05) is 26.0 Å². The van der Waals surface area contributed by atoms with Gasteiger partial charge >= 0.3 is 0 Å². The van der Waals surface area contributed by atoms with Gasteiger partial charge in [0.2, 0.25) is 0 Å². The Balaban J connectivity index is 2.22. The number of anilines is 1. The van der Waals surface area contributed by atoms with Crippen LogP contribution < -0.4 is 10.2 Å². The van der Waals surface area contributed by atoms with Gasteiger partial charge in [0.25, 0.3) is 5.95 Å². The van der Waals surface area contributed by atoms with Crippen LogP contribution in [-0.4, -0.2) is 32.9 Å². The van der Waals surface area contributed by atoms with E-state index in [9.17, 15) is 0 Å². The van der Waals surface area contributed by atoms with Crippen LogP contribution in [0.5, 0.6) is 5.75 Å². The van der Waals surface area contributed by atoms with Gasteiger partial charge in [-0.3, -0.25) is 0 Å². The number of ether oxygens (including phenoxy) is 1. The number of tetrazole rings is 1. The van der Waals surface area contributed by atoms with Gasteiger partial charge in [-0.2, -0.15) is 10.3 Å². The third kappa shape index (κ3) is 4.01. The van der Waals surface area contributed by atoms with Gasteiger partial charge in [-0.1, -0.05) is 21.0 Å². The van der Waals surface area contributed by atoms with E-state index in [2.05, 4.69) is 63.0 Å². The van der Waals surface area contributed by atoms with Crippen molar-refractivity contribution in [3.63, 3.8) is 0 Å². The minimum Gasteiger partial charge on any atom is -0.489 e. The van der Waals surface area contributed by atoms with E-state index in [-0.39, 0.29) is 6.10 Å². The molecule has 7 nitrogen and oxygen atoms in total. The van der Waals surface area contributed by atoms with Crippen molar-refractivity contribution in [2.75, 3.05) is 5.43 Å². The van der Waals surface area contributed by atoms with E-state index < -0.39 is 0 Å². The van der Waals surface area contributed by atoms with E-state index in [1.165, 1.54) is 0 Å². The predicted molar refractivity (Wildman–Crippen MR) is 83.0 cm³/mol. The number of halogens is 2. The molecule has 1 aromatic heterocycles. The molecule has 0 aliphatic carbocycles. The summed E-state index contributed by atoms with van der Waals surface area (Å²) >= 11 is 6.92. The van der Waals surface area contributed by atoms with Crippen molar-refractivity contribution in [3.05, 3.63) is 26.6 Å². The maximum absolute atomic E-state index is 5.78. The average Bonchev–Trinajstić information content (AvgIpc) is 2.86. The smallest absolute Gasteiger partial charge is 0.283 e. The fourth-order valence-corrected chi connectivity index (χ4v) is 2.76. The second-order valence-electron chi connectivity index (χ2n) is 4.08. The Kier molecular flexibility index (Phi) is 5.07. The molecule has 0 amide bonds. The Morgan fingerprint density at radius 2 is 2.20 bits per heavy atom. The third-order valence-electron chi connectivity index (χ3n) is 2.10. The summed E-state index contributed by atoms with van der Waals surface area (Å²) in [6, 6.07) is 3.82. The maximum Gasteiger partial charge on any atom is 0.283 e. The van der Waals surface area contributed by atoms with Crippen LogP contribution in [0.2, 0.25) is 0 Å². The van der Waals surface area contributed by atoms with Gasteiger partial charge in [-0.25, -0.2) is 5.43 Å². The zero-order chi connectivity index (χ0) is 14.5. The van der Waals surface area contributed by atoms with Crippen molar-refractivity contribution in [1.82, 2.24) is 20.6 Å². The molecule has 9 heteroatoms. The molecule has 20 heavy (non-hydrogen) atoms. The Morgan fingerprint density at radius 3 is 2.85 bits per heavy atom. The number of hydrogen-bond donors (Lipinski definition) is 2. The SMILES string of the molecule is CC(C)Oc1c(Br)cc(Br)cc1/C=N\Nc1nn[nH]n1. The zero-order valence-corrected chi connectivity index (χ0v) is 13.9. The standard InChI is InChI=1S/C11H12Br2N6O/c1-6(2)20-10-7(3-8(12)4-9(10)13)5-14-15-11-16-18-19-17-11/h3-6H,1-2H3,(H2,15,16,17,18,19)/b14-5-. The van der Waals surface area contributed by atoms with Crippen LogP contribution in [0.4, 0.5) is 5.95 Å². The fourth-order valence-electron chi connectivity index (χ4n) is 1.40. The Morgan fingerprint density at radius 1 is 1.40 bits per heavy atom. The molecule has 0 aliphatic rings. The molecule has 1 heterocycles. The third-order valence-corrected chi connectivity index (χ3v) is 3.15. The van der Waals surface area contributed by atoms with Crippen molar-refractivity contribution in [2.24, 2.45) is 5.10 Å². The van der Waals surface area contributed by atoms with E-state index in [4.69, 9.17) is 4.74 Å². The van der Waals surface area contributed by atoms with E-state index in [1.54, 1.807) is 6.21 Å². The first-order valence-corrected chi connectivity index (χ1v) is 7.33. The molecule has 106 valence electrons. The van der Waals surface area contributed by atoms with E-state index >= 15 is 0 Å². The summed E-state index contributed by atoms with van der Waals surface area (Å²) in [5.41, 5.74) is 3.48. The highest BCUT2D eigenvalue weighted by molar-refractivity contribution is 9.11. The Labute approximate surface area is 132 Å². The predicted octanol–water partition coefficient (Wildman–Crippen LogP) is 2.96. The number of aromatic amines is 1. The van der Waals surface area contributed by atoms with Gasteiger partial charge < -0.3 is 4.74 Å². The lowest BCUT2D eigenvalue weighted by molar-refractivity contribution is 0.240. The normalized spacial score (nSPS) is 11.2. The minimum atomic E-state index is 0.0600. The molecular weight excluding hydrogens is 392 g/mol. The lowest BCUT2D eigenvalue weighted by Crippen LogP contribution is -2.08. The van der Waals surface area contributed by atoms with Crippen LogP contribution in [0, 0.1) is 0 Å². The molecule has 0 bridgehead atoms. The van der Waals surface area contributed by atoms with Crippen LogP contribution >= 0.6 is 31.9 Å². The number of aromatic nitrogens is 4. The molecule has 2 rings (SSSR count). The second-order valence-corrected chi connectivity index (χ2v) is 5.85. The number of H-pyrrole nitrogens is 1. The van der Waals surface area contributed by atoms with Gasteiger partial charge in [0.05, 0.1) is 16.8 Å². The summed E-state index contributed by atoms with van der Waals surface area (Å²) < 4.78 is 7.55. The summed E-state index contributed by atoms with van der Waals surface area (Å²) in [6.45, 7) is 3.93. The van der Waals surface area contributed by atoms with Crippen LogP contribution in [-0.2, 0) is 0 Å². The van der Waals surface area contributed by atoms with Crippen LogP contribution in [0.1, 0.15) is 19.4 Å². The first-order chi connectivity index (χ1) is 9.56. The highest BCUT2D eigenvalue weighted by Crippen LogP contribution is 2.32. The quantitative estimate of drug-likeness (QED) is 0.591. The highest BCUT2D eigenvalue weighted by atomic mass is 79.9. The van der Waals surface area contributed by atoms with Crippen molar-refractivity contribution in [2.45, 2.75) is 20.0 Å². The summed E-state index contributed by atoms with van der Waals surface area (Å²) in [7, 11) is 0. The molecule has 0 radical (unpaired) electrons. The fraction of sp³-hybridized carbons (Fsp3) is 0.273. The molecule has 0 saturated heterocycles. The summed E-state index contributed by atoms with van der Waals surface area (Å²) in [6.07, 6.45) is 1.69. The van der Waals surface area contributed by atoms with Crippen LogP contribution in [0.15, 0.2) is 26.2 Å². The molecule has 2 aromatic rings. The first-order valence-electron chi connectivity index (χ1n) is 5.74. The zero-order valence-electron chi connectivity index (χ0n) is 10.8. The highest BCUT2D eigenvalue weighted by Gasteiger charge is 2.10. The lowest BCUT2D eigenvalue weighted by atomic mass is 10.2. The van der Waals surface area contributed by atoms with Crippen molar-refractivity contribution >= 4 is 44.0 Å². The molecule has 0 unspecified atom stereocenters. The number of nitrogens with zero attached hydrogens (tertiary/aromatic N) is 4. The topological polar surface area (TPSA) is 88.1 Å². The van der Waals surface area contributed by atoms with Crippen molar-refractivity contribution < 1.29 is 4.74 Å². The molecule has 0 atom stereocenters. The minimum absolute atomic E-state index is 0.0600. The van der Waals surface area contributed by atoms with E-state index in [0.29, 0.717) is 5.95 Å². The molecule has 0 spiro atoms. The molecule has 1 aromatic carbocycles.